The molecule has 1 aromatic heterocycles. The quantitative estimate of drug-likeness (QED) is 0.830. The van der Waals surface area contributed by atoms with Gasteiger partial charge in [0.25, 0.3) is 0 Å². The lowest BCUT2D eigenvalue weighted by molar-refractivity contribution is 0.469. The highest BCUT2D eigenvalue weighted by Gasteiger charge is 2.24. The molecule has 3 rings (SSSR count). The number of hydrogen-bond donors (Lipinski definition) is 2. The van der Waals surface area contributed by atoms with E-state index in [4.69, 9.17) is 0 Å². The van der Waals surface area contributed by atoms with Gasteiger partial charge in [-0.15, -0.1) is 0 Å². The van der Waals surface area contributed by atoms with E-state index in [0.717, 1.165) is 30.5 Å². The van der Waals surface area contributed by atoms with Crippen LogP contribution in [0.15, 0.2) is 24.7 Å². The van der Waals surface area contributed by atoms with E-state index < -0.39 is 0 Å². The molecule has 1 unspecified atom stereocenters. The summed E-state index contributed by atoms with van der Waals surface area (Å²) in [4.78, 5) is 7.26. The van der Waals surface area contributed by atoms with Gasteiger partial charge in [0.05, 0.1) is 12.0 Å². The predicted octanol–water partition coefficient (Wildman–Crippen LogP) is 2.70. The summed E-state index contributed by atoms with van der Waals surface area (Å²) in [6.07, 6.45) is 6.90. The fraction of sp³-hybridized carbons (Fsp3) is 0.357. The van der Waals surface area contributed by atoms with Gasteiger partial charge in [0.15, 0.2) is 0 Å². The topological polar surface area (TPSA) is 48.9 Å². The van der Waals surface area contributed by atoms with Gasteiger partial charge >= 0.3 is 0 Å². The molecule has 2 N–H and O–H groups in total. The Hall–Kier alpha value is -1.77. The number of aryl methyl sites for hydroxylation is 2. The molecule has 3 heteroatoms. The monoisotopic (exact) mass is 228 g/mol. The second-order valence-corrected chi connectivity index (χ2v) is 4.84. The Labute approximate surface area is 101 Å². The van der Waals surface area contributed by atoms with E-state index in [9.17, 15) is 5.11 Å². The molecule has 1 heterocycles. The van der Waals surface area contributed by atoms with E-state index in [1.54, 1.807) is 6.33 Å². The Kier molecular flexibility index (Phi) is 2.39. The molecule has 0 fully saturated rings. The van der Waals surface area contributed by atoms with Gasteiger partial charge in [0.1, 0.15) is 5.75 Å². The van der Waals surface area contributed by atoms with Crippen LogP contribution < -0.4 is 0 Å². The number of H-pyrrole nitrogens is 1. The minimum absolute atomic E-state index is 0.415. The molecule has 88 valence electrons. The van der Waals surface area contributed by atoms with Gasteiger partial charge in [-0.25, -0.2) is 4.98 Å². The van der Waals surface area contributed by atoms with Crippen molar-refractivity contribution in [1.82, 2.24) is 9.97 Å². The van der Waals surface area contributed by atoms with Crippen LogP contribution in [0.25, 0.3) is 0 Å². The number of nitrogens with one attached hydrogen (secondary N) is 1. The summed E-state index contributed by atoms with van der Waals surface area (Å²) < 4.78 is 0. The fourth-order valence-corrected chi connectivity index (χ4v) is 2.72. The second-order valence-electron chi connectivity index (χ2n) is 4.84. The first-order valence-electron chi connectivity index (χ1n) is 6.04. The van der Waals surface area contributed by atoms with Crippen molar-refractivity contribution in [3.05, 3.63) is 47.0 Å². The third kappa shape index (κ3) is 1.82. The number of rotatable bonds is 2. The van der Waals surface area contributed by atoms with E-state index in [1.807, 2.05) is 19.2 Å². The fourth-order valence-electron chi connectivity index (χ4n) is 2.72. The Morgan fingerprint density at radius 1 is 1.47 bits per heavy atom. The van der Waals surface area contributed by atoms with Gasteiger partial charge in [0, 0.05) is 6.20 Å². The molecular weight excluding hydrogens is 212 g/mol. The summed E-state index contributed by atoms with van der Waals surface area (Å²) in [7, 11) is 0. The lowest BCUT2D eigenvalue weighted by Gasteiger charge is -2.11. The Morgan fingerprint density at radius 2 is 2.35 bits per heavy atom. The molecule has 1 aromatic carbocycles. The van der Waals surface area contributed by atoms with Crippen LogP contribution in [0.2, 0.25) is 0 Å². The van der Waals surface area contributed by atoms with Crippen molar-refractivity contribution in [2.75, 3.05) is 0 Å². The van der Waals surface area contributed by atoms with Gasteiger partial charge < -0.3 is 10.1 Å². The molecule has 0 bridgehead atoms. The number of fused-ring (bicyclic) bond motifs is 1. The predicted molar refractivity (Wildman–Crippen MR) is 66.2 cm³/mol. The highest BCUT2D eigenvalue weighted by molar-refractivity contribution is 5.45. The number of aromatic nitrogens is 2. The van der Waals surface area contributed by atoms with Crippen molar-refractivity contribution in [3.63, 3.8) is 0 Å². The van der Waals surface area contributed by atoms with Crippen LogP contribution in [-0.2, 0) is 12.8 Å². The second kappa shape index (κ2) is 3.91. The molecule has 1 aliphatic carbocycles. The molecule has 0 saturated carbocycles. The standard InChI is InChI=1S/C14H16N2O/c1-9-4-10-2-3-11(13(10)6-14(9)17)5-12-7-15-8-16-12/h4,6-8,11,17H,2-3,5H2,1H3,(H,15,16). The van der Waals surface area contributed by atoms with Crippen LogP contribution in [-0.4, -0.2) is 15.1 Å². The molecule has 1 aliphatic rings. The molecule has 0 radical (unpaired) electrons. The maximum Gasteiger partial charge on any atom is 0.118 e. The maximum absolute atomic E-state index is 9.81. The van der Waals surface area contributed by atoms with Gasteiger partial charge in [-0.3, -0.25) is 0 Å². The van der Waals surface area contributed by atoms with Crippen LogP contribution in [0.1, 0.15) is 34.7 Å². The molecule has 17 heavy (non-hydrogen) atoms. The van der Waals surface area contributed by atoms with Crippen LogP contribution >= 0.6 is 0 Å². The normalized spacial score (nSPS) is 18.3. The first-order valence-corrected chi connectivity index (χ1v) is 6.04. The van der Waals surface area contributed by atoms with Crippen molar-refractivity contribution in [1.29, 1.82) is 0 Å². The van der Waals surface area contributed by atoms with Crippen LogP contribution in [0.5, 0.6) is 5.75 Å². The highest BCUT2D eigenvalue weighted by Crippen LogP contribution is 2.38. The van der Waals surface area contributed by atoms with Gasteiger partial charge in [-0.2, -0.15) is 0 Å². The van der Waals surface area contributed by atoms with Crippen LogP contribution in [0, 0.1) is 6.92 Å². The first-order chi connectivity index (χ1) is 8.24. The third-order valence-corrected chi connectivity index (χ3v) is 3.67. The van der Waals surface area contributed by atoms with Crippen molar-refractivity contribution < 1.29 is 5.11 Å². The number of aromatic amines is 1. The summed E-state index contributed by atoms with van der Waals surface area (Å²) in [5.41, 5.74) is 4.77. The van der Waals surface area contributed by atoms with Gasteiger partial charge in [-0.1, -0.05) is 6.07 Å². The average Bonchev–Trinajstić information content (AvgIpc) is 2.92. The zero-order valence-electron chi connectivity index (χ0n) is 9.90. The number of aromatic hydroxyl groups is 1. The van der Waals surface area contributed by atoms with Gasteiger partial charge in [0.2, 0.25) is 0 Å². The molecule has 0 amide bonds. The third-order valence-electron chi connectivity index (χ3n) is 3.67. The Balaban J connectivity index is 1.90. The summed E-state index contributed by atoms with van der Waals surface area (Å²) in [5.74, 6) is 0.914. The van der Waals surface area contributed by atoms with E-state index in [1.165, 1.54) is 11.1 Å². The molecule has 3 nitrogen and oxygen atoms in total. The van der Waals surface area contributed by atoms with E-state index in [0.29, 0.717) is 11.7 Å². The molecule has 0 spiro atoms. The lowest BCUT2D eigenvalue weighted by Crippen LogP contribution is -1.99. The zero-order valence-corrected chi connectivity index (χ0v) is 9.90. The van der Waals surface area contributed by atoms with Crippen molar-refractivity contribution in [3.8, 4) is 5.75 Å². The van der Waals surface area contributed by atoms with Crippen molar-refractivity contribution >= 4 is 0 Å². The molecule has 2 aromatic rings. The minimum atomic E-state index is 0.415. The van der Waals surface area contributed by atoms with E-state index >= 15 is 0 Å². The van der Waals surface area contributed by atoms with Crippen LogP contribution in [0.3, 0.4) is 0 Å². The number of phenols is 1. The lowest BCUT2D eigenvalue weighted by atomic mass is 9.95. The van der Waals surface area contributed by atoms with Crippen LogP contribution in [0.4, 0.5) is 0 Å². The number of phenolic OH excluding ortho intramolecular Hbond substituents is 1. The van der Waals surface area contributed by atoms with Crippen molar-refractivity contribution in [2.45, 2.75) is 32.1 Å². The Bertz CT molecular complexity index is 531. The number of benzene rings is 1. The number of imidazole rings is 1. The highest BCUT2D eigenvalue weighted by atomic mass is 16.3. The summed E-state index contributed by atoms with van der Waals surface area (Å²) in [6, 6.07) is 4.06. The smallest absolute Gasteiger partial charge is 0.118 e. The molecule has 0 saturated heterocycles. The van der Waals surface area contributed by atoms with Crippen molar-refractivity contribution in [2.24, 2.45) is 0 Å². The minimum Gasteiger partial charge on any atom is -0.508 e. The summed E-state index contributed by atoms with van der Waals surface area (Å²) in [5, 5.41) is 9.81. The Morgan fingerprint density at radius 3 is 3.12 bits per heavy atom. The first kappa shape index (κ1) is 10.4. The number of hydrogen-bond acceptors (Lipinski definition) is 2. The average molecular weight is 228 g/mol. The SMILES string of the molecule is Cc1cc2c(cc1O)C(Cc1c[nH]cn1)CC2. The number of nitrogens with zero attached hydrogens (tertiary/aromatic N) is 1. The maximum atomic E-state index is 9.81. The van der Waals surface area contributed by atoms with Gasteiger partial charge in [-0.05, 0) is 54.9 Å². The summed E-state index contributed by atoms with van der Waals surface area (Å²) in [6.45, 7) is 1.96. The van der Waals surface area contributed by atoms with E-state index in [-0.39, 0.29) is 0 Å². The molecule has 0 aliphatic heterocycles. The molecule has 1 atom stereocenters. The largest absolute Gasteiger partial charge is 0.508 e. The summed E-state index contributed by atoms with van der Waals surface area (Å²) >= 11 is 0. The molecular formula is C14H16N2O. The van der Waals surface area contributed by atoms with E-state index in [2.05, 4.69) is 16.0 Å². The zero-order chi connectivity index (χ0) is 11.8.